The van der Waals surface area contributed by atoms with Crippen molar-refractivity contribution in [3.05, 3.63) is 47.3 Å². The third-order valence-electron chi connectivity index (χ3n) is 5.23. The normalized spacial score (nSPS) is 16.7. The number of benzene rings is 1. The first-order valence-electron chi connectivity index (χ1n) is 9.90. The molecule has 0 aliphatic carbocycles. The number of anilines is 1. The molecule has 9 heteroatoms. The van der Waals surface area contributed by atoms with Crippen LogP contribution in [0.1, 0.15) is 41.3 Å². The van der Waals surface area contributed by atoms with Gasteiger partial charge in [0.15, 0.2) is 11.4 Å². The summed E-state index contributed by atoms with van der Waals surface area (Å²) in [5, 5.41) is 21.1. The number of nitrogens with one attached hydrogen (secondary N) is 1. The topological polar surface area (TPSA) is 116 Å². The number of carbonyl (C=O) groups excluding carboxylic acids is 1. The summed E-state index contributed by atoms with van der Waals surface area (Å²) in [6.45, 7) is 2.72. The quantitative estimate of drug-likeness (QED) is 0.662. The average molecular weight is 416 g/mol. The second-order valence-corrected chi connectivity index (χ2v) is 7.46. The van der Waals surface area contributed by atoms with Gasteiger partial charge in [0.1, 0.15) is 18.2 Å². The first-order valence-corrected chi connectivity index (χ1v) is 9.90. The Labute approximate surface area is 173 Å². The van der Waals surface area contributed by atoms with E-state index in [1.54, 1.807) is 19.1 Å². The molecule has 30 heavy (non-hydrogen) atoms. The smallest absolute Gasteiger partial charge is 0.322 e. The van der Waals surface area contributed by atoms with Gasteiger partial charge in [-0.3, -0.25) is 9.59 Å². The zero-order valence-corrected chi connectivity index (χ0v) is 16.8. The van der Waals surface area contributed by atoms with Crippen LogP contribution in [0.4, 0.5) is 10.1 Å². The van der Waals surface area contributed by atoms with Gasteiger partial charge in [-0.2, -0.15) is 0 Å². The van der Waals surface area contributed by atoms with Gasteiger partial charge in [0.05, 0.1) is 5.69 Å². The third kappa shape index (κ3) is 5.43. The molecule has 1 aromatic heterocycles. The summed E-state index contributed by atoms with van der Waals surface area (Å²) in [7, 11) is 0. The van der Waals surface area contributed by atoms with Crippen LogP contribution in [-0.2, 0) is 11.2 Å². The van der Waals surface area contributed by atoms with Crippen molar-refractivity contribution in [2.75, 3.05) is 24.5 Å². The fourth-order valence-corrected chi connectivity index (χ4v) is 3.65. The van der Waals surface area contributed by atoms with Crippen LogP contribution in [0.25, 0.3) is 0 Å². The van der Waals surface area contributed by atoms with E-state index in [4.69, 9.17) is 5.11 Å². The molecule has 1 fully saturated rings. The van der Waals surface area contributed by atoms with E-state index in [0.717, 1.165) is 38.0 Å². The number of amides is 1. The predicted molar refractivity (Wildman–Crippen MR) is 108 cm³/mol. The fourth-order valence-electron chi connectivity index (χ4n) is 3.65. The highest BCUT2D eigenvalue weighted by atomic mass is 19.1. The van der Waals surface area contributed by atoms with E-state index < -0.39 is 18.4 Å². The Morgan fingerprint density at radius 3 is 2.63 bits per heavy atom. The van der Waals surface area contributed by atoms with E-state index in [1.807, 2.05) is 0 Å². The van der Waals surface area contributed by atoms with Crippen LogP contribution >= 0.6 is 0 Å². The Morgan fingerprint density at radius 2 is 1.93 bits per heavy atom. The Hall–Kier alpha value is -3.23. The molecule has 0 saturated carbocycles. The van der Waals surface area contributed by atoms with Crippen LogP contribution < -0.4 is 10.2 Å². The van der Waals surface area contributed by atoms with Crippen molar-refractivity contribution >= 4 is 17.6 Å². The molecule has 1 amide bonds. The summed E-state index contributed by atoms with van der Waals surface area (Å²) < 4.78 is 13.2. The van der Waals surface area contributed by atoms with Crippen molar-refractivity contribution in [1.29, 1.82) is 0 Å². The fraction of sp³-hybridized carbons (Fsp3) is 0.429. The minimum atomic E-state index is -1.18. The maximum Gasteiger partial charge on any atom is 0.322 e. The molecule has 1 aromatic carbocycles. The van der Waals surface area contributed by atoms with Crippen molar-refractivity contribution in [2.45, 2.75) is 32.6 Å². The summed E-state index contributed by atoms with van der Waals surface area (Å²) in [6, 6.07) is 6.48. The van der Waals surface area contributed by atoms with Gasteiger partial charge in [-0.05, 0) is 56.4 Å². The van der Waals surface area contributed by atoms with Gasteiger partial charge in [0.2, 0.25) is 0 Å². The Bertz CT molecular complexity index is 920. The van der Waals surface area contributed by atoms with Gasteiger partial charge in [-0.1, -0.05) is 0 Å². The SMILES string of the molecule is Cc1nc(CC2CCCN(c3ccc(F)cc3)CC2)nc(C(=O)NCC(=O)O)c1O. The summed E-state index contributed by atoms with van der Waals surface area (Å²) >= 11 is 0. The molecule has 1 unspecified atom stereocenters. The lowest BCUT2D eigenvalue weighted by atomic mass is 9.96. The van der Waals surface area contributed by atoms with E-state index in [-0.39, 0.29) is 23.0 Å². The molecule has 0 spiro atoms. The maximum absolute atomic E-state index is 13.2. The van der Waals surface area contributed by atoms with Crippen molar-refractivity contribution in [3.8, 4) is 5.75 Å². The van der Waals surface area contributed by atoms with E-state index >= 15 is 0 Å². The molecule has 3 N–H and O–H groups in total. The number of aryl methyl sites for hydroxylation is 1. The number of carboxylic acids is 1. The first kappa shape index (κ1) is 21.5. The molecule has 0 radical (unpaired) electrons. The van der Waals surface area contributed by atoms with Crippen molar-refractivity contribution in [3.63, 3.8) is 0 Å². The highest BCUT2D eigenvalue weighted by molar-refractivity contribution is 5.96. The predicted octanol–water partition coefficient (Wildman–Crippen LogP) is 2.29. The molecule has 1 atom stereocenters. The zero-order chi connectivity index (χ0) is 21.7. The molecular formula is C21H25FN4O4. The third-order valence-corrected chi connectivity index (χ3v) is 5.23. The lowest BCUT2D eigenvalue weighted by Gasteiger charge is -2.22. The second kappa shape index (κ2) is 9.51. The molecular weight excluding hydrogens is 391 g/mol. The molecule has 1 aliphatic heterocycles. The second-order valence-electron chi connectivity index (χ2n) is 7.46. The van der Waals surface area contributed by atoms with Gasteiger partial charge in [0, 0.05) is 25.2 Å². The minimum Gasteiger partial charge on any atom is -0.504 e. The van der Waals surface area contributed by atoms with Crippen LogP contribution in [0.3, 0.4) is 0 Å². The maximum atomic E-state index is 13.2. The van der Waals surface area contributed by atoms with Crippen LogP contribution in [0, 0.1) is 18.7 Å². The highest BCUT2D eigenvalue weighted by Crippen LogP contribution is 2.26. The summed E-state index contributed by atoms with van der Waals surface area (Å²) in [6.07, 6.45) is 3.37. The lowest BCUT2D eigenvalue weighted by molar-refractivity contribution is -0.135. The van der Waals surface area contributed by atoms with E-state index in [0.29, 0.717) is 18.2 Å². The molecule has 160 valence electrons. The number of hydrogen-bond donors (Lipinski definition) is 3. The monoisotopic (exact) mass is 416 g/mol. The Morgan fingerprint density at radius 1 is 1.20 bits per heavy atom. The number of carboxylic acid groups (broad SMARTS) is 1. The largest absolute Gasteiger partial charge is 0.504 e. The van der Waals surface area contributed by atoms with Gasteiger partial charge >= 0.3 is 5.97 Å². The molecule has 1 saturated heterocycles. The van der Waals surface area contributed by atoms with Gasteiger partial charge in [-0.15, -0.1) is 0 Å². The highest BCUT2D eigenvalue weighted by Gasteiger charge is 2.22. The molecule has 2 aromatic rings. The lowest BCUT2D eigenvalue weighted by Crippen LogP contribution is -2.30. The number of nitrogens with zero attached hydrogens (tertiary/aromatic N) is 3. The molecule has 2 heterocycles. The van der Waals surface area contributed by atoms with Crippen molar-refractivity contribution in [1.82, 2.24) is 15.3 Å². The standard InChI is InChI=1S/C21H25FN4O4/c1-13-20(29)19(21(30)23-12-18(27)28)25-17(24-13)11-14-3-2-9-26(10-8-14)16-6-4-15(22)5-7-16/h4-7,14,29H,2-3,8-12H2,1H3,(H,23,30)(H,27,28). The zero-order valence-electron chi connectivity index (χ0n) is 16.8. The number of hydrogen-bond acceptors (Lipinski definition) is 6. The van der Waals surface area contributed by atoms with Gasteiger partial charge in [0.25, 0.3) is 5.91 Å². The number of aliphatic carboxylic acids is 1. The van der Waals surface area contributed by atoms with Crippen molar-refractivity contribution < 1.29 is 24.2 Å². The Balaban J connectivity index is 1.67. The number of carbonyl (C=O) groups is 2. The summed E-state index contributed by atoms with van der Waals surface area (Å²) in [4.78, 5) is 33.6. The molecule has 8 nitrogen and oxygen atoms in total. The number of halogens is 1. The van der Waals surface area contributed by atoms with Crippen molar-refractivity contribution in [2.24, 2.45) is 5.92 Å². The van der Waals surface area contributed by atoms with Gasteiger partial charge < -0.3 is 20.4 Å². The number of aromatic nitrogens is 2. The summed E-state index contributed by atoms with van der Waals surface area (Å²) in [5.74, 6) is -1.78. The molecule has 1 aliphatic rings. The van der Waals surface area contributed by atoms with E-state index in [1.165, 1.54) is 12.1 Å². The summed E-state index contributed by atoms with van der Waals surface area (Å²) in [5.41, 5.74) is 1.06. The van der Waals surface area contributed by atoms with Gasteiger partial charge in [-0.25, -0.2) is 14.4 Å². The minimum absolute atomic E-state index is 0.208. The van der Waals surface area contributed by atoms with Crippen LogP contribution in [0.5, 0.6) is 5.75 Å². The van der Waals surface area contributed by atoms with E-state index in [2.05, 4.69) is 20.2 Å². The number of rotatable bonds is 6. The van der Waals surface area contributed by atoms with E-state index in [9.17, 15) is 19.1 Å². The van der Waals surface area contributed by atoms with Crippen LogP contribution in [-0.4, -0.2) is 51.7 Å². The molecule has 0 bridgehead atoms. The number of aromatic hydroxyl groups is 1. The van der Waals surface area contributed by atoms with Crippen LogP contribution in [0.15, 0.2) is 24.3 Å². The average Bonchev–Trinajstić information content (AvgIpc) is 2.95. The molecule has 3 rings (SSSR count). The Kier molecular flexibility index (Phi) is 6.81. The first-order chi connectivity index (χ1) is 14.3. The van der Waals surface area contributed by atoms with Crippen LogP contribution in [0.2, 0.25) is 0 Å².